The second-order valence-corrected chi connectivity index (χ2v) is 2.60. The Bertz CT molecular complexity index is 311. The van der Waals surface area contributed by atoms with Crippen LogP contribution in [0.25, 0.3) is 12.2 Å². The number of hydrogen-bond acceptors (Lipinski definition) is 1. The van der Waals surface area contributed by atoms with E-state index in [1.165, 1.54) is 0 Å². The zero-order valence-electron chi connectivity index (χ0n) is 13.5. The molecular weight excluding hydrogens is 218 g/mol. The first-order chi connectivity index (χ1) is 8.79. The van der Waals surface area contributed by atoms with Gasteiger partial charge in [-0.3, -0.25) is 4.98 Å². The van der Waals surface area contributed by atoms with E-state index in [2.05, 4.69) is 17.6 Å². The lowest BCUT2D eigenvalue weighted by atomic mass is 10.1. The van der Waals surface area contributed by atoms with Gasteiger partial charge >= 0.3 is 0 Å². The molecule has 0 aliphatic heterocycles. The number of allylic oxidation sites excluding steroid dienone is 1. The van der Waals surface area contributed by atoms with Crippen molar-refractivity contribution in [2.45, 2.75) is 55.4 Å². The Morgan fingerprint density at radius 1 is 1.06 bits per heavy atom. The van der Waals surface area contributed by atoms with Crippen LogP contribution in [0.5, 0.6) is 0 Å². The van der Waals surface area contributed by atoms with Crippen LogP contribution in [0.3, 0.4) is 0 Å². The van der Waals surface area contributed by atoms with E-state index in [1.807, 2.05) is 73.6 Å². The van der Waals surface area contributed by atoms with E-state index in [0.29, 0.717) is 0 Å². The number of hydrogen-bond donors (Lipinski definition) is 0. The molecule has 0 aliphatic carbocycles. The average molecular weight is 249 g/mol. The van der Waals surface area contributed by atoms with Crippen molar-refractivity contribution in [1.82, 2.24) is 4.98 Å². The van der Waals surface area contributed by atoms with Crippen molar-refractivity contribution < 1.29 is 0 Å². The normalized spacial score (nSPS) is 8.00. The highest BCUT2D eigenvalue weighted by Gasteiger charge is 1.98. The van der Waals surface area contributed by atoms with E-state index in [4.69, 9.17) is 0 Å². The first kappa shape index (κ1) is 21.9. The van der Waals surface area contributed by atoms with E-state index in [9.17, 15) is 0 Å². The predicted molar refractivity (Wildman–Crippen MR) is 87.8 cm³/mol. The topological polar surface area (TPSA) is 12.9 Å². The molecule has 0 aromatic carbocycles. The predicted octanol–water partition coefficient (Wildman–Crippen LogP) is 6.14. The van der Waals surface area contributed by atoms with Gasteiger partial charge in [0.15, 0.2) is 0 Å². The summed E-state index contributed by atoms with van der Waals surface area (Å²) < 4.78 is 0. The Balaban J connectivity index is -0.000000328. The van der Waals surface area contributed by atoms with Crippen LogP contribution >= 0.6 is 0 Å². The summed E-state index contributed by atoms with van der Waals surface area (Å²) in [6, 6.07) is 1.97. The van der Waals surface area contributed by atoms with Gasteiger partial charge in [-0.2, -0.15) is 0 Å². The minimum atomic E-state index is 1.05. The molecule has 1 aromatic rings. The molecule has 0 spiro atoms. The first-order valence-electron chi connectivity index (χ1n) is 7.00. The van der Waals surface area contributed by atoms with E-state index in [0.717, 1.165) is 16.8 Å². The van der Waals surface area contributed by atoms with E-state index < -0.39 is 0 Å². The minimum Gasteiger partial charge on any atom is -0.261 e. The van der Waals surface area contributed by atoms with Gasteiger partial charge in [0.05, 0.1) is 0 Å². The Labute approximate surface area is 115 Å². The zero-order valence-corrected chi connectivity index (χ0v) is 13.5. The van der Waals surface area contributed by atoms with Gasteiger partial charge in [0.25, 0.3) is 0 Å². The molecule has 1 rings (SSSR count). The summed E-state index contributed by atoms with van der Waals surface area (Å²) in [6.07, 6.45) is 7.72. The van der Waals surface area contributed by atoms with Crippen molar-refractivity contribution >= 4 is 12.2 Å². The summed E-state index contributed by atoms with van der Waals surface area (Å²) in [4.78, 5) is 4.21. The zero-order chi connectivity index (χ0) is 15.0. The molecule has 0 amide bonds. The highest BCUT2D eigenvalue weighted by Crippen LogP contribution is 2.14. The molecule has 0 bridgehead atoms. The smallest absolute Gasteiger partial charge is 0.0450 e. The molecule has 0 aliphatic rings. The Morgan fingerprint density at radius 3 is 1.94 bits per heavy atom. The number of rotatable bonds is 2. The maximum Gasteiger partial charge on any atom is 0.0450 e. The summed E-state index contributed by atoms with van der Waals surface area (Å²) in [6.45, 7) is 19.8. The highest BCUT2D eigenvalue weighted by atomic mass is 14.7. The second kappa shape index (κ2) is 18.0. The second-order valence-electron chi connectivity index (χ2n) is 2.60. The van der Waals surface area contributed by atoms with Gasteiger partial charge in [0, 0.05) is 17.5 Å². The molecule has 1 heterocycles. The quantitative estimate of drug-likeness (QED) is 0.613. The summed E-state index contributed by atoms with van der Waals surface area (Å²) in [5.74, 6) is 0. The van der Waals surface area contributed by atoms with E-state index >= 15 is 0 Å². The molecule has 1 heteroatoms. The fourth-order valence-corrected chi connectivity index (χ4v) is 1.16. The van der Waals surface area contributed by atoms with E-state index in [1.54, 1.807) is 6.20 Å². The third-order valence-electron chi connectivity index (χ3n) is 1.78. The molecule has 1 aromatic heterocycles. The Kier molecular flexibility index (Phi) is 21.9. The lowest BCUT2D eigenvalue weighted by Crippen LogP contribution is -1.88. The molecule has 104 valence electrons. The first-order valence-corrected chi connectivity index (χ1v) is 7.00. The molecule has 1 nitrogen and oxygen atoms in total. The van der Waals surface area contributed by atoms with Crippen molar-refractivity contribution in [3.05, 3.63) is 41.7 Å². The average Bonchev–Trinajstić information content (AvgIpc) is 2.48. The summed E-state index contributed by atoms with van der Waals surface area (Å²) in [5.41, 5.74) is 3.35. The summed E-state index contributed by atoms with van der Waals surface area (Å²) in [5, 5.41) is 0. The molecule has 0 N–H and O–H groups in total. The van der Waals surface area contributed by atoms with Crippen LogP contribution in [0.2, 0.25) is 0 Å². The lowest BCUT2D eigenvalue weighted by molar-refractivity contribution is 1.18. The third kappa shape index (κ3) is 8.74. The van der Waals surface area contributed by atoms with E-state index in [-0.39, 0.29) is 0 Å². The van der Waals surface area contributed by atoms with Crippen molar-refractivity contribution in [2.24, 2.45) is 0 Å². The summed E-state index contributed by atoms with van der Waals surface area (Å²) >= 11 is 0. The van der Waals surface area contributed by atoms with Gasteiger partial charge in [-0.15, -0.1) is 0 Å². The fourth-order valence-electron chi connectivity index (χ4n) is 1.16. The van der Waals surface area contributed by atoms with Crippen molar-refractivity contribution in [1.29, 1.82) is 0 Å². The van der Waals surface area contributed by atoms with Gasteiger partial charge in [-0.25, -0.2) is 0 Å². The van der Waals surface area contributed by atoms with Crippen LogP contribution in [0.4, 0.5) is 0 Å². The minimum absolute atomic E-state index is 1.05. The van der Waals surface area contributed by atoms with Crippen molar-refractivity contribution in [2.75, 3.05) is 0 Å². The highest BCUT2D eigenvalue weighted by molar-refractivity contribution is 5.65. The monoisotopic (exact) mass is 249 g/mol. The molecule has 0 saturated carbocycles. The Hall–Kier alpha value is -1.37. The molecule has 0 atom stereocenters. The standard InChI is InChI=1S/C11H13N.3C2H6/c1-4-6-11-9(3)12-8-7-10(11)5-2;3*1-2/h4-8H,2H2,1,3H3;3*1-2H3/b6-4-;;;. The van der Waals surface area contributed by atoms with Gasteiger partial charge in [-0.05, 0) is 25.5 Å². The van der Waals surface area contributed by atoms with Crippen LogP contribution < -0.4 is 0 Å². The number of pyridine rings is 1. The largest absolute Gasteiger partial charge is 0.261 e. The Morgan fingerprint density at radius 2 is 1.56 bits per heavy atom. The molecule has 0 fully saturated rings. The van der Waals surface area contributed by atoms with Crippen LogP contribution in [0.1, 0.15) is 65.3 Å². The van der Waals surface area contributed by atoms with Crippen LogP contribution in [-0.2, 0) is 0 Å². The maximum atomic E-state index is 4.21. The van der Waals surface area contributed by atoms with Crippen LogP contribution in [-0.4, -0.2) is 4.98 Å². The van der Waals surface area contributed by atoms with Crippen molar-refractivity contribution in [3.8, 4) is 0 Å². The molecule has 0 unspecified atom stereocenters. The van der Waals surface area contributed by atoms with Crippen LogP contribution in [0, 0.1) is 6.92 Å². The SMILES string of the molecule is C=Cc1ccnc(C)c1/C=C\C.CC.CC.CC. The van der Waals surface area contributed by atoms with Gasteiger partial charge < -0.3 is 0 Å². The maximum absolute atomic E-state index is 4.21. The number of aryl methyl sites for hydroxylation is 1. The van der Waals surface area contributed by atoms with Crippen LogP contribution in [0.15, 0.2) is 24.9 Å². The third-order valence-corrected chi connectivity index (χ3v) is 1.78. The molecule has 0 saturated heterocycles. The number of nitrogens with zero attached hydrogens (tertiary/aromatic N) is 1. The van der Waals surface area contributed by atoms with Gasteiger partial charge in [-0.1, -0.05) is 66.3 Å². The van der Waals surface area contributed by atoms with Gasteiger partial charge in [0.1, 0.15) is 0 Å². The molecule has 18 heavy (non-hydrogen) atoms. The van der Waals surface area contributed by atoms with Crippen molar-refractivity contribution in [3.63, 3.8) is 0 Å². The summed E-state index contributed by atoms with van der Waals surface area (Å²) in [7, 11) is 0. The lowest BCUT2D eigenvalue weighted by Gasteiger charge is -2.02. The fraction of sp³-hybridized carbons (Fsp3) is 0.471. The van der Waals surface area contributed by atoms with Gasteiger partial charge in [0.2, 0.25) is 0 Å². The molecular formula is C17H31N. The molecule has 0 radical (unpaired) electrons. The number of aromatic nitrogens is 1.